The number of rotatable bonds is 8. The molecule has 0 unspecified atom stereocenters. The van der Waals surface area contributed by atoms with E-state index in [1.165, 1.54) is 11.3 Å². The van der Waals surface area contributed by atoms with Crippen molar-refractivity contribution >= 4 is 33.4 Å². The molecule has 2 heterocycles. The molecule has 0 aliphatic carbocycles. The van der Waals surface area contributed by atoms with E-state index in [9.17, 15) is 9.59 Å². The SMILES string of the molecule is CCCCOc1ccc(C(=O)N=c2sc3cc4c(cc3n2CC(=O)OCC)OCCO4)cc1. The Morgan fingerprint density at radius 1 is 1.09 bits per heavy atom. The quantitative estimate of drug-likeness (QED) is 0.366. The van der Waals surface area contributed by atoms with Gasteiger partial charge >= 0.3 is 5.97 Å². The predicted molar refractivity (Wildman–Crippen MR) is 124 cm³/mol. The largest absolute Gasteiger partial charge is 0.494 e. The van der Waals surface area contributed by atoms with Gasteiger partial charge in [-0.3, -0.25) is 9.59 Å². The van der Waals surface area contributed by atoms with E-state index in [1.54, 1.807) is 35.8 Å². The summed E-state index contributed by atoms with van der Waals surface area (Å²) in [4.78, 5) is 29.9. The number of unbranched alkanes of at least 4 members (excludes halogenated alkanes) is 1. The van der Waals surface area contributed by atoms with Gasteiger partial charge in [-0.05, 0) is 37.6 Å². The second-order valence-electron chi connectivity index (χ2n) is 7.38. The van der Waals surface area contributed by atoms with E-state index in [1.807, 2.05) is 12.1 Å². The molecule has 1 aliphatic heterocycles. The van der Waals surface area contributed by atoms with E-state index < -0.39 is 11.9 Å². The minimum absolute atomic E-state index is 0.0657. The molecule has 9 heteroatoms. The monoisotopic (exact) mass is 470 g/mol. The number of carbonyl (C=O) groups excluding carboxylic acids is 2. The third-order valence-corrected chi connectivity index (χ3v) is 6.05. The van der Waals surface area contributed by atoms with Crippen molar-refractivity contribution in [2.45, 2.75) is 33.2 Å². The maximum absolute atomic E-state index is 12.9. The molecule has 174 valence electrons. The van der Waals surface area contributed by atoms with Crippen LogP contribution in [-0.2, 0) is 16.1 Å². The van der Waals surface area contributed by atoms with Gasteiger partial charge < -0.3 is 23.5 Å². The number of esters is 1. The van der Waals surface area contributed by atoms with Crippen molar-refractivity contribution in [3.63, 3.8) is 0 Å². The lowest BCUT2D eigenvalue weighted by Crippen LogP contribution is -2.23. The van der Waals surface area contributed by atoms with Gasteiger partial charge in [-0.15, -0.1) is 0 Å². The van der Waals surface area contributed by atoms with Crippen molar-refractivity contribution in [3.05, 3.63) is 46.8 Å². The van der Waals surface area contributed by atoms with Gasteiger partial charge in [0.1, 0.15) is 25.5 Å². The molecule has 0 radical (unpaired) electrons. The van der Waals surface area contributed by atoms with E-state index in [4.69, 9.17) is 18.9 Å². The Morgan fingerprint density at radius 2 is 1.82 bits per heavy atom. The standard InChI is InChI=1S/C24H26N2O6S/c1-3-5-10-30-17-8-6-16(7-9-17)23(28)25-24-26(15-22(27)29-4-2)18-13-19-20(14-21(18)33-24)32-12-11-31-19/h6-9,13-14H,3-5,10-12,15H2,1-2H3. The molecular weight excluding hydrogens is 444 g/mol. The molecule has 0 N–H and O–H groups in total. The van der Waals surface area contributed by atoms with Crippen molar-refractivity contribution in [3.8, 4) is 17.2 Å². The minimum Gasteiger partial charge on any atom is -0.494 e. The number of aromatic nitrogens is 1. The number of amides is 1. The van der Waals surface area contributed by atoms with Gasteiger partial charge in [-0.2, -0.15) is 4.99 Å². The van der Waals surface area contributed by atoms with E-state index >= 15 is 0 Å². The van der Waals surface area contributed by atoms with Crippen LogP contribution in [0.4, 0.5) is 0 Å². The highest BCUT2D eigenvalue weighted by atomic mass is 32.1. The molecule has 1 aliphatic rings. The number of hydrogen-bond donors (Lipinski definition) is 0. The van der Waals surface area contributed by atoms with Crippen LogP contribution in [0.3, 0.4) is 0 Å². The van der Waals surface area contributed by atoms with Gasteiger partial charge in [0, 0.05) is 17.7 Å². The van der Waals surface area contributed by atoms with Gasteiger partial charge in [-0.1, -0.05) is 24.7 Å². The molecule has 4 rings (SSSR count). The number of nitrogens with zero attached hydrogens (tertiary/aromatic N) is 2. The van der Waals surface area contributed by atoms with Crippen LogP contribution < -0.4 is 19.0 Å². The molecule has 1 aromatic heterocycles. The summed E-state index contributed by atoms with van der Waals surface area (Å²) in [6.45, 7) is 5.62. The van der Waals surface area contributed by atoms with E-state index in [2.05, 4.69) is 11.9 Å². The van der Waals surface area contributed by atoms with Crippen LogP contribution in [0.15, 0.2) is 41.4 Å². The molecule has 0 saturated carbocycles. The molecule has 0 bridgehead atoms. The molecule has 1 amide bonds. The highest BCUT2D eigenvalue weighted by Gasteiger charge is 2.18. The van der Waals surface area contributed by atoms with Crippen molar-refractivity contribution in [2.24, 2.45) is 4.99 Å². The molecule has 0 fully saturated rings. The maximum Gasteiger partial charge on any atom is 0.326 e. The van der Waals surface area contributed by atoms with Crippen LogP contribution in [0.5, 0.6) is 17.2 Å². The second-order valence-corrected chi connectivity index (χ2v) is 8.39. The number of benzene rings is 2. The number of fused-ring (bicyclic) bond motifs is 2. The van der Waals surface area contributed by atoms with E-state index in [0.29, 0.717) is 47.4 Å². The molecule has 3 aromatic rings. The first kappa shape index (κ1) is 22.8. The molecule has 2 aromatic carbocycles. The smallest absolute Gasteiger partial charge is 0.326 e. The van der Waals surface area contributed by atoms with Crippen LogP contribution >= 0.6 is 11.3 Å². The average molecular weight is 471 g/mol. The van der Waals surface area contributed by atoms with E-state index in [-0.39, 0.29) is 13.2 Å². The average Bonchev–Trinajstić information content (AvgIpc) is 3.13. The topological polar surface area (TPSA) is 88.4 Å². The molecule has 0 atom stereocenters. The Labute approximate surface area is 195 Å². The Kier molecular flexibility index (Phi) is 7.29. The predicted octanol–water partition coefficient (Wildman–Crippen LogP) is 3.96. The summed E-state index contributed by atoms with van der Waals surface area (Å²) in [6, 6.07) is 10.6. The molecule has 0 spiro atoms. The summed E-state index contributed by atoms with van der Waals surface area (Å²) >= 11 is 1.30. The summed E-state index contributed by atoms with van der Waals surface area (Å²) in [5.41, 5.74) is 1.16. The van der Waals surface area contributed by atoms with Crippen LogP contribution in [0, 0.1) is 0 Å². The highest BCUT2D eigenvalue weighted by Crippen LogP contribution is 2.35. The number of ether oxygens (including phenoxy) is 4. The third kappa shape index (κ3) is 5.36. The summed E-state index contributed by atoms with van der Waals surface area (Å²) in [5.74, 6) is 1.13. The van der Waals surface area contributed by atoms with Crippen LogP contribution in [-0.4, -0.2) is 42.9 Å². The maximum atomic E-state index is 12.9. The zero-order valence-corrected chi connectivity index (χ0v) is 19.5. The van der Waals surface area contributed by atoms with Crippen molar-refractivity contribution in [1.29, 1.82) is 0 Å². The van der Waals surface area contributed by atoms with Crippen molar-refractivity contribution < 1.29 is 28.5 Å². The first-order valence-electron chi connectivity index (χ1n) is 11.0. The Bertz CT molecular complexity index is 1210. The molecule has 8 nitrogen and oxygen atoms in total. The molecule has 0 saturated heterocycles. The van der Waals surface area contributed by atoms with Gasteiger partial charge in [0.15, 0.2) is 16.3 Å². The lowest BCUT2D eigenvalue weighted by Gasteiger charge is -2.18. The fourth-order valence-corrected chi connectivity index (χ4v) is 4.40. The van der Waals surface area contributed by atoms with Crippen molar-refractivity contribution in [2.75, 3.05) is 26.4 Å². The van der Waals surface area contributed by atoms with Crippen LogP contribution in [0.25, 0.3) is 10.2 Å². The second kappa shape index (κ2) is 10.5. The van der Waals surface area contributed by atoms with Crippen molar-refractivity contribution in [1.82, 2.24) is 4.57 Å². The molecular formula is C24H26N2O6S. The minimum atomic E-state index is -0.408. The van der Waals surface area contributed by atoms with Crippen LogP contribution in [0.2, 0.25) is 0 Å². The normalized spacial score (nSPS) is 13.2. The summed E-state index contributed by atoms with van der Waals surface area (Å²) in [7, 11) is 0. The Hall–Kier alpha value is -3.33. The van der Waals surface area contributed by atoms with Gasteiger partial charge in [-0.25, -0.2) is 0 Å². The van der Waals surface area contributed by atoms with Crippen LogP contribution in [0.1, 0.15) is 37.0 Å². The number of thiazole rings is 1. The van der Waals surface area contributed by atoms with Gasteiger partial charge in [0.2, 0.25) is 0 Å². The first-order valence-corrected chi connectivity index (χ1v) is 11.8. The Balaban J connectivity index is 1.68. The van der Waals surface area contributed by atoms with E-state index in [0.717, 1.165) is 23.1 Å². The van der Waals surface area contributed by atoms with Gasteiger partial charge in [0.05, 0.1) is 23.4 Å². The zero-order valence-electron chi connectivity index (χ0n) is 18.7. The van der Waals surface area contributed by atoms with Gasteiger partial charge in [0.25, 0.3) is 5.91 Å². The third-order valence-electron chi connectivity index (χ3n) is 5.00. The highest BCUT2D eigenvalue weighted by molar-refractivity contribution is 7.16. The molecule has 33 heavy (non-hydrogen) atoms. The lowest BCUT2D eigenvalue weighted by molar-refractivity contribution is -0.143. The summed E-state index contributed by atoms with van der Waals surface area (Å²) in [6.07, 6.45) is 2.03. The summed E-state index contributed by atoms with van der Waals surface area (Å²) in [5, 5.41) is 0. The fraction of sp³-hybridized carbons (Fsp3) is 0.375. The zero-order chi connectivity index (χ0) is 23.2. The number of carbonyl (C=O) groups is 2. The summed E-state index contributed by atoms with van der Waals surface area (Å²) < 4.78 is 24.6. The Morgan fingerprint density at radius 3 is 2.52 bits per heavy atom. The fourth-order valence-electron chi connectivity index (χ4n) is 3.36. The first-order chi connectivity index (χ1) is 16.1. The lowest BCUT2D eigenvalue weighted by atomic mass is 10.2. The number of hydrogen-bond acceptors (Lipinski definition) is 7.